The minimum Gasteiger partial charge on any atom is -0.0838 e. The number of allylic oxidation sites excluding steroid dienone is 2. The lowest BCUT2D eigenvalue weighted by Gasteiger charge is -2.35. The van der Waals surface area contributed by atoms with Gasteiger partial charge in [-0.15, -0.1) is 0 Å². The predicted octanol–water partition coefficient (Wildman–Crippen LogP) is 5.44. The molecule has 0 aromatic heterocycles. The van der Waals surface area contributed by atoms with E-state index in [0.29, 0.717) is 5.41 Å². The third kappa shape index (κ3) is 6.02. The molecule has 0 unspecified atom stereocenters. The van der Waals surface area contributed by atoms with Crippen LogP contribution in [-0.2, 0) is 0 Å². The van der Waals surface area contributed by atoms with Gasteiger partial charge >= 0.3 is 0 Å². The number of hydrogen-bond acceptors (Lipinski definition) is 0. The van der Waals surface area contributed by atoms with E-state index in [1.807, 2.05) is 0 Å². The summed E-state index contributed by atoms with van der Waals surface area (Å²) >= 11 is 0. The van der Waals surface area contributed by atoms with Gasteiger partial charge < -0.3 is 0 Å². The highest BCUT2D eigenvalue weighted by Gasteiger charge is 2.27. The van der Waals surface area contributed by atoms with Gasteiger partial charge in [0.15, 0.2) is 0 Å². The van der Waals surface area contributed by atoms with Crippen molar-refractivity contribution in [1.82, 2.24) is 0 Å². The van der Waals surface area contributed by atoms with E-state index < -0.39 is 0 Å². The summed E-state index contributed by atoms with van der Waals surface area (Å²) in [5, 5.41) is 0. The number of rotatable bonds is 1. The molecule has 0 radical (unpaired) electrons. The highest BCUT2D eigenvalue weighted by molar-refractivity contribution is 5.18. The molecule has 0 saturated carbocycles. The summed E-state index contributed by atoms with van der Waals surface area (Å²) in [5.41, 5.74) is 2.53. The van der Waals surface area contributed by atoms with Gasteiger partial charge in [0.2, 0.25) is 0 Å². The summed E-state index contributed by atoms with van der Waals surface area (Å²) in [5.74, 6) is 0. The van der Waals surface area contributed by atoms with Crippen LogP contribution in [0.3, 0.4) is 0 Å². The molecular formula is C15H30. The summed E-state index contributed by atoms with van der Waals surface area (Å²) in [6, 6.07) is 0. The van der Waals surface area contributed by atoms with Crippen molar-refractivity contribution in [2.45, 2.75) is 68.7 Å². The fourth-order valence-electron chi connectivity index (χ4n) is 2.15. The van der Waals surface area contributed by atoms with E-state index >= 15 is 0 Å². The van der Waals surface area contributed by atoms with Gasteiger partial charge in [-0.05, 0) is 22.7 Å². The van der Waals surface area contributed by atoms with Crippen molar-refractivity contribution in [2.24, 2.45) is 16.2 Å². The zero-order valence-electron chi connectivity index (χ0n) is 12.3. The van der Waals surface area contributed by atoms with Crippen molar-refractivity contribution in [3.05, 3.63) is 11.6 Å². The molecule has 0 spiro atoms. The third-order valence-corrected chi connectivity index (χ3v) is 2.53. The largest absolute Gasteiger partial charge is 0.0838 e. The monoisotopic (exact) mass is 210 g/mol. The predicted molar refractivity (Wildman–Crippen MR) is 71.1 cm³/mol. The van der Waals surface area contributed by atoms with E-state index in [0.717, 1.165) is 6.42 Å². The summed E-state index contributed by atoms with van der Waals surface area (Å²) in [4.78, 5) is 0. The first-order valence-electron chi connectivity index (χ1n) is 6.05. The molecule has 0 aromatic rings. The van der Waals surface area contributed by atoms with Crippen molar-refractivity contribution in [1.29, 1.82) is 0 Å². The van der Waals surface area contributed by atoms with Crippen LogP contribution in [0.2, 0.25) is 0 Å². The van der Waals surface area contributed by atoms with E-state index in [2.05, 4.69) is 68.4 Å². The van der Waals surface area contributed by atoms with Gasteiger partial charge in [-0.1, -0.05) is 74.0 Å². The molecule has 0 aromatic carbocycles. The van der Waals surface area contributed by atoms with Crippen LogP contribution in [0.15, 0.2) is 11.6 Å². The highest BCUT2D eigenvalue weighted by Crippen LogP contribution is 2.40. The first-order valence-corrected chi connectivity index (χ1v) is 6.05. The lowest BCUT2D eigenvalue weighted by atomic mass is 9.71. The van der Waals surface area contributed by atoms with Crippen LogP contribution in [0, 0.1) is 16.2 Å². The van der Waals surface area contributed by atoms with E-state index in [1.165, 1.54) is 0 Å². The second kappa shape index (κ2) is 4.31. The molecule has 0 saturated heterocycles. The molecule has 0 heteroatoms. The molecule has 0 N–H and O–H groups in total. The zero-order valence-corrected chi connectivity index (χ0v) is 12.3. The molecule has 0 fully saturated rings. The summed E-state index contributed by atoms with van der Waals surface area (Å²) < 4.78 is 0. The first kappa shape index (κ1) is 14.7. The normalized spacial score (nSPS) is 13.9. The van der Waals surface area contributed by atoms with Crippen molar-refractivity contribution in [3.63, 3.8) is 0 Å². The van der Waals surface area contributed by atoms with Gasteiger partial charge in [0.1, 0.15) is 0 Å². The minimum atomic E-state index is 0.281. The van der Waals surface area contributed by atoms with Crippen molar-refractivity contribution in [3.8, 4) is 0 Å². The Labute approximate surface area is 97.2 Å². The summed E-state index contributed by atoms with van der Waals surface area (Å²) in [6.07, 6.45) is 3.62. The minimum absolute atomic E-state index is 0.281. The molecule has 0 aliphatic heterocycles. The Kier molecular flexibility index (Phi) is 4.24. The quantitative estimate of drug-likeness (QED) is 0.505. The second-order valence-electron chi connectivity index (χ2n) is 7.88. The Morgan fingerprint density at radius 1 is 0.733 bits per heavy atom. The topological polar surface area (TPSA) is 0 Å². The molecule has 15 heavy (non-hydrogen) atoms. The Balaban J connectivity index is 4.99. The molecule has 0 aliphatic rings. The van der Waals surface area contributed by atoms with Gasteiger partial charge in [0.25, 0.3) is 0 Å². The lowest BCUT2D eigenvalue weighted by Crippen LogP contribution is -2.23. The smallest absolute Gasteiger partial charge is 0.0168 e. The lowest BCUT2D eigenvalue weighted by molar-refractivity contribution is 0.349. The van der Waals surface area contributed by atoms with Gasteiger partial charge in [-0.3, -0.25) is 0 Å². The van der Waals surface area contributed by atoms with Crippen LogP contribution < -0.4 is 0 Å². The molecule has 0 heterocycles. The van der Waals surface area contributed by atoms with E-state index in [9.17, 15) is 0 Å². The number of hydrogen-bond donors (Lipinski definition) is 0. The van der Waals surface area contributed by atoms with Gasteiger partial charge in [0, 0.05) is 0 Å². The van der Waals surface area contributed by atoms with Crippen molar-refractivity contribution in [2.75, 3.05) is 0 Å². The summed E-state index contributed by atoms with van der Waals surface area (Å²) in [7, 11) is 0. The maximum absolute atomic E-state index is 2.46. The Morgan fingerprint density at radius 3 is 1.27 bits per heavy atom. The van der Waals surface area contributed by atoms with Crippen LogP contribution in [0.25, 0.3) is 0 Å². The molecular weight excluding hydrogens is 180 g/mol. The van der Waals surface area contributed by atoms with Crippen LogP contribution in [0.5, 0.6) is 0 Å². The average Bonchev–Trinajstić information content (AvgIpc) is 1.75. The fraction of sp³-hybridized carbons (Fsp3) is 0.867. The van der Waals surface area contributed by atoms with Gasteiger partial charge in [-0.2, -0.15) is 0 Å². The van der Waals surface area contributed by atoms with Crippen molar-refractivity contribution >= 4 is 0 Å². The van der Waals surface area contributed by atoms with Crippen LogP contribution >= 0.6 is 0 Å². The van der Waals surface area contributed by atoms with Crippen molar-refractivity contribution < 1.29 is 0 Å². The molecule has 0 nitrogen and oxygen atoms in total. The molecule has 90 valence electrons. The van der Waals surface area contributed by atoms with Crippen LogP contribution in [0.4, 0.5) is 0 Å². The standard InChI is InChI=1S/C15H30/c1-13(2,3)11-10-12(14(4,5)6)15(7,8)9/h10H,11H2,1-9H3. The Morgan fingerprint density at radius 2 is 1.07 bits per heavy atom. The molecule has 0 atom stereocenters. The Bertz CT molecular complexity index is 206. The molecule has 0 amide bonds. The third-order valence-electron chi connectivity index (χ3n) is 2.53. The van der Waals surface area contributed by atoms with Crippen LogP contribution in [-0.4, -0.2) is 0 Å². The molecule has 0 aliphatic carbocycles. The Hall–Kier alpha value is -0.260. The molecule has 0 bridgehead atoms. The fourth-order valence-corrected chi connectivity index (χ4v) is 2.15. The average molecular weight is 210 g/mol. The second-order valence-corrected chi connectivity index (χ2v) is 7.88. The molecule has 0 rings (SSSR count). The van der Waals surface area contributed by atoms with Crippen LogP contribution in [0.1, 0.15) is 68.7 Å². The maximum atomic E-state index is 2.46. The van der Waals surface area contributed by atoms with E-state index in [-0.39, 0.29) is 10.8 Å². The van der Waals surface area contributed by atoms with Gasteiger partial charge in [0.05, 0.1) is 0 Å². The van der Waals surface area contributed by atoms with E-state index in [1.54, 1.807) is 5.57 Å². The van der Waals surface area contributed by atoms with Gasteiger partial charge in [-0.25, -0.2) is 0 Å². The van der Waals surface area contributed by atoms with E-state index in [4.69, 9.17) is 0 Å². The zero-order chi connectivity index (χ0) is 12.5. The summed E-state index contributed by atoms with van der Waals surface area (Å²) in [6.45, 7) is 20.8. The first-order chi connectivity index (χ1) is 6.34. The SMILES string of the molecule is CC(C)(C)CC=C(C(C)(C)C)C(C)(C)C. The maximum Gasteiger partial charge on any atom is -0.0168 e. The highest BCUT2D eigenvalue weighted by atomic mass is 14.3.